The maximum Gasteiger partial charge on any atom is 0.289 e. The second kappa shape index (κ2) is 8.35. The highest BCUT2D eigenvalue weighted by atomic mass is 32.2. The summed E-state index contributed by atoms with van der Waals surface area (Å²) in [6.07, 6.45) is 2.59. The smallest absolute Gasteiger partial charge is 0.289 e. The molecule has 2 heterocycles. The first kappa shape index (κ1) is 18.4. The van der Waals surface area contributed by atoms with Crippen molar-refractivity contribution in [2.24, 2.45) is 5.92 Å². The van der Waals surface area contributed by atoms with Gasteiger partial charge in [0, 0.05) is 29.6 Å². The highest BCUT2D eigenvalue weighted by molar-refractivity contribution is 7.99. The third-order valence-electron chi connectivity index (χ3n) is 4.23. The molecule has 0 atom stereocenters. The van der Waals surface area contributed by atoms with Gasteiger partial charge in [0.15, 0.2) is 5.76 Å². The molecular weight excluding hydrogens is 362 g/mol. The van der Waals surface area contributed by atoms with Crippen LogP contribution >= 0.6 is 11.8 Å². The maximum absolute atomic E-state index is 12.4. The molecule has 138 valence electrons. The second-order valence-electron chi connectivity index (χ2n) is 5.94. The largest absolute Gasteiger partial charge is 0.459 e. The monoisotopic (exact) mass is 380 g/mol. The molecule has 0 bridgehead atoms. The topological polar surface area (TPSA) is 62.6 Å². The van der Waals surface area contributed by atoms with Gasteiger partial charge < -0.3 is 14.6 Å². The molecule has 1 fully saturated rings. The lowest BCUT2D eigenvalue weighted by Crippen LogP contribution is -2.41. The number of anilines is 1. The van der Waals surface area contributed by atoms with Crippen molar-refractivity contribution in [2.45, 2.75) is 23.5 Å². The molecule has 1 aromatic carbocycles. The molecule has 0 unspecified atom stereocenters. The molecule has 5 nitrogen and oxygen atoms in total. The minimum Gasteiger partial charge on any atom is -0.459 e. The van der Waals surface area contributed by atoms with E-state index in [4.69, 9.17) is 4.42 Å². The molecule has 1 N–H and O–H groups in total. The molecule has 1 aromatic heterocycles. The van der Waals surface area contributed by atoms with Crippen molar-refractivity contribution < 1.29 is 22.8 Å². The zero-order chi connectivity index (χ0) is 18.5. The summed E-state index contributed by atoms with van der Waals surface area (Å²) in [4.78, 5) is 26.7. The molecule has 2 aromatic rings. The number of halogens is 2. The quantitative estimate of drug-likeness (QED) is 0.794. The van der Waals surface area contributed by atoms with E-state index in [0.717, 1.165) is 0 Å². The minimum absolute atomic E-state index is 0.121. The van der Waals surface area contributed by atoms with E-state index in [1.54, 1.807) is 41.3 Å². The van der Waals surface area contributed by atoms with Gasteiger partial charge in [-0.25, -0.2) is 0 Å². The van der Waals surface area contributed by atoms with Crippen LogP contribution < -0.4 is 5.32 Å². The normalized spacial score (nSPS) is 15.3. The van der Waals surface area contributed by atoms with Crippen molar-refractivity contribution in [1.29, 1.82) is 0 Å². The summed E-state index contributed by atoms with van der Waals surface area (Å²) in [5.74, 6) is -2.64. The predicted molar refractivity (Wildman–Crippen MR) is 94.3 cm³/mol. The Bertz CT molecular complexity index is 742. The highest BCUT2D eigenvalue weighted by Crippen LogP contribution is 2.27. The molecule has 2 amide bonds. The molecule has 1 aliphatic heterocycles. The van der Waals surface area contributed by atoms with Gasteiger partial charge in [-0.3, -0.25) is 9.59 Å². The molecule has 0 aliphatic carbocycles. The zero-order valence-electron chi connectivity index (χ0n) is 13.9. The van der Waals surface area contributed by atoms with Crippen molar-refractivity contribution in [1.82, 2.24) is 4.90 Å². The van der Waals surface area contributed by atoms with Crippen LogP contribution in [0.15, 0.2) is 52.0 Å². The van der Waals surface area contributed by atoms with Crippen LogP contribution in [0, 0.1) is 5.92 Å². The number of piperidine rings is 1. The fraction of sp³-hybridized carbons (Fsp3) is 0.333. The summed E-state index contributed by atoms with van der Waals surface area (Å²) in [5.41, 5.74) is 0.572. The van der Waals surface area contributed by atoms with Crippen LogP contribution in [-0.2, 0) is 4.79 Å². The third-order valence-corrected chi connectivity index (χ3v) is 4.95. The van der Waals surface area contributed by atoms with Crippen molar-refractivity contribution in [2.75, 3.05) is 18.4 Å². The predicted octanol–water partition coefficient (Wildman–Crippen LogP) is 4.09. The van der Waals surface area contributed by atoms with Gasteiger partial charge in [-0.15, -0.1) is 0 Å². The summed E-state index contributed by atoms with van der Waals surface area (Å²) in [6, 6.07) is 9.61. The molecule has 1 saturated heterocycles. The van der Waals surface area contributed by atoms with Crippen LogP contribution in [0.25, 0.3) is 0 Å². The van der Waals surface area contributed by atoms with Gasteiger partial charge in [0.1, 0.15) is 0 Å². The standard InChI is InChI=1S/C18H18F2N2O3S/c19-18(20)26-14-5-3-13(4-6-14)21-16(23)12-7-9-22(10-8-12)17(24)15-2-1-11-25-15/h1-6,11-12,18H,7-10H2,(H,21,23). The molecule has 0 spiro atoms. The second-order valence-corrected chi connectivity index (χ2v) is 7.00. The van der Waals surface area contributed by atoms with Gasteiger partial charge in [0.05, 0.1) is 6.26 Å². The molecule has 8 heteroatoms. The van der Waals surface area contributed by atoms with Crippen molar-refractivity contribution in [3.8, 4) is 0 Å². The van der Waals surface area contributed by atoms with Crippen molar-refractivity contribution in [3.63, 3.8) is 0 Å². The number of nitrogens with one attached hydrogen (secondary N) is 1. The molecular formula is C18H18F2N2O3S. The number of carbonyl (C=O) groups is 2. The zero-order valence-corrected chi connectivity index (χ0v) is 14.7. The van der Waals surface area contributed by atoms with E-state index in [0.29, 0.717) is 54.0 Å². The van der Waals surface area contributed by atoms with Gasteiger partial charge in [0.2, 0.25) is 5.91 Å². The van der Waals surface area contributed by atoms with E-state index in [1.165, 1.54) is 6.26 Å². The Balaban J connectivity index is 1.50. The van der Waals surface area contributed by atoms with E-state index in [2.05, 4.69) is 5.32 Å². The third kappa shape index (κ3) is 4.63. The number of benzene rings is 1. The number of carbonyl (C=O) groups excluding carboxylic acids is 2. The molecule has 0 radical (unpaired) electrons. The van der Waals surface area contributed by atoms with Gasteiger partial charge in [-0.1, -0.05) is 11.8 Å². The SMILES string of the molecule is O=C(Nc1ccc(SC(F)F)cc1)C1CCN(C(=O)c2ccco2)CC1. The van der Waals surface area contributed by atoms with E-state index in [9.17, 15) is 18.4 Å². The van der Waals surface area contributed by atoms with Crippen LogP contribution in [0.5, 0.6) is 0 Å². The van der Waals surface area contributed by atoms with Crippen LogP contribution in [0.4, 0.5) is 14.5 Å². The minimum atomic E-state index is -2.47. The van der Waals surface area contributed by atoms with Crippen molar-refractivity contribution in [3.05, 3.63) is 48.4 Å². The van der Waals surface area contributed by atoms with Crippen LogP contribution in [0.3, 0.4) is 0 Å². The summed E-state index contributed by atoms with van der Waals surface area (Å²) >= 11 is 0.465. The Morgan fingerprint density at radius 1 is 1.15 bits per heavy atom. The Hall–Kier alpha value is -2.35. The average Bonchev–Trinajstić information content (AvgIpc) is 3.17. The van der Waals surface area contributed by atoms with Crippen LogP contribution in [0.2, 0.25) is 0 Å². The number of amides is 2. The first-order chi connectivity index (χ1) is 12.5. The molecule has 0 saturated carbocycles. The Labute approximate surface area is 153 Å². The first-order valence-electron chi connectivity index (χ1n) is 8.21. The summed E-state index contributed by atoms with van der Waals surface area (Å²) < 4.78 is 29.7. The Morgan fingerprint density at radius 2 is 1.85 bits per heavy atom. The number of rotatable bonds is 5. The fourth-order valence-corrected chi connectivity index (χ4v) is 3.36. The molecule has 26 heavy (non-hydrogen) atoms. The molecule has 1 aliphatic rings. The fourth-order valence-electron chi connectivity index (χ4n) is 2.86. The number of alkyl halides is 2. The van der Waals surface area contributed by atoms with E-state index < -0.39 is 5.76 Å². The van der Waals surface area contributed by atoms with Crippen molar-refractivity contribution >= 4 is 29.3 Å². The summed E-state index contributed by atoms with van der Waals surface area (Å²) in [5, 5.41) is 2.81. The number of hydrogen-bond donors (Lipinski definition) is 1. The Kier molecular flexibility index (Phi) is 5.92. The van der Waals surface area contributed by atoms with Gasteiger partial charge in [0.25, 0.3) is 11.7 Å². The number of hydrogen-bond acceptors (Lipinski definition) is 4. The number of nitrogens with zero attached hydrogens (tertiary/aromatic N) is 1. The van der Waals surface area contributed by atoms with Crippen LogP contribution in [-0.4, -0.2) is 35.6 Å². The van der Waals surface area contributed by atoms with Gasteiger partial charge in [-0.2, -0.15) is 8.78 Å². The van der Waals surface area contributed by atoms with E-state index >= 15 is 0 Å². The summed E-state index contributed by atoms with van der Waals surface area (Å²) in [6.45, 7) is 0.975. The van der Waals surface area contributed by atoms with Crippen LogP contribution in [0.1, 0.15) is 23.4 Å². The highest BCUT2D eigenvalue weighted by Gasteiger charge is 2.28. The summed E-state index contributed by atoms with van der Waals surface area (Å²) in [7, 11) is 0. The van der Waals surface area contributed by atoms with E-state index in [-0.39, 0.29) is 17.7 Å². The number of thioether (sulfide) groups is 1. The average molecular weight is 380 g/mol. The molecule has 3 rings (SSSR count). The first-order valence-corrected chi connectivity index (χ1v) is 9.09. The lowest BCUT2D eigenvalue weighted by atomic mass is 9.95. The lowest BCUT2D eigenvalue weighted by Gasteiger charge is -2.30. The number of furan rings is 1. The maximum atomic E-state index is 12.4. The van der Waals surface area contributed by atoms with Gasteiger partial charge >= 0.3 is 0 Å². The van der Waals surface area contributed by atoms with Gasteiger partial charge in [-0.05, 0) is 49.2 Å². The lowest BCUT2D eigenvalue weighted by molar-refractivity contribution is -0.121. The Morgan fingerprint density at radius 3 is 2.42 bits per heavy atom. The number of likely N-dealkylation sites (tertiary alicyclic amines) is 1. The van der Waals surface area contributed by atoms with E-state index in [1.807, 2.05) is 0 Å².